The molecule has 0 saturated carbocycles. The first-order valence-corrected chi connectivity index (χ1v) is 5.61. The van der Waals surface area contributed by atoms with Crippen molar-refractivity contribution < 1.29 is 9.32 Å². The average molecular weight is 261 g/mol. The fraction of sp³-hybridized carbons (Fsp3) is 0.0833. The van der Waals surface area contributed by atoms with Crippen LogP contribution in [-0.4, -0.2) is 16.1 Å². The van der Waals surface area contributed by atoms with Gasteiger partial charge in [-0.25, -0.2) is 0 Å². The highest BCUT2D eigenvalue weighted by Gasteiger charge is 2.11. The second-order valence-corrected chi connectivity index (χ2v) is 4.17. The van der Waals surface area contributed by atoms with Crippen LogP contribution in [0.1, 0.15) is 21.8 Å². The molecule has 0 atom stereocenters. The minimum Gasteiger partial charge on any atom is -0.389 e. The van der Waals surface area contributed by atoms with Crippen molar-refractivity contribution in [1.29, 1.82) is 0 Å². The van der Waals surface area contributed by atoms with Gasteiger partial charge in [0.25, 0.3) is 5.91 Å². The number of benzene rings is 1. The van der Waals surface area contributed by atoms with E-state index in [0.717, 1.165) is 0 Å². The summed E-state index contributed by atoms with van der Waals surface area (Å²) in [6, 6.07) is 8.53. The van der Waals surface area contributed by atoms with E-state index in [2.05, 4.69) is 10.5 Å². The number of hydrogen-bond donors (Lipinski definition) is 2. The lowest BCUT2D eigenvalue weighted by Gasteiger charge is -2.04. The van der Waals surface area contributed by atoms with Gasteiger partial charge in [0, 0.05) is 17.3 Å². The van der Waals surface area contributed by atoms with Gasteiger partial charge in [0.05, 0.1) is 5.69 Å². The van der Waals surface area contributed by atoms with Crippen LogP contribution in [-0.2, 0) is 0 Å². The van der Waals surface area contributed by atoms with Gasteiger partial charge in [0.15, 0.2) is 0 Å². The normalized spacial score (nSPS) is 10.1. The van der Waals surface area contributed by atoms with Crippen LogP contribution in [0, 0.1) is 6.92 Å². The zero-order valence-corrected chi connectivity index (χ0v) is 10.5. The average Bonchev–Trinajstić information content (AvgIpc) is 2.76. The van der Waals surface area contributed by atoms with E-state index in [9.17, 15) is 4.79 Å². The number of nitrogens with two attached hydrogens (primary N) is 1. The second kappa shape index (κ2) is 4.97. The number of carbonyl (C=O) groups excluding carboxylic acids is 1. The topological polar surface area (TPSA) is 81.2 Å². The summed E-state index contributed by atoms with van der Waals surface area (Å²) >= 11 is 4.87. The molecule has 1 amide bonds. The molecule has 6 heteroatoms. The lowest BCUT2D eigenvalue weighted by molar-refractivity contribution is 0.0988. The predicted octanol–water partition coefficient (Wildman–Crippen LogP) is 1.87. The summed E-state index contributed by atoms with van der Waals surface area (Å²) in [5, 5.41) is 6.33. The van der Waals surface area contributed by atoms with Crippen LogP contribution in [0.5, 0.6) is 0 Å². The van der Waals surface area contributed by atoms with E-state index in [4.69, 9.17) is 22.5 Å². The first-order valence-electron chi connectivity index (χ1n) is 5.21. The Kier molecular flexibility index (Phi) is 3.38. The summed E-state index contributed by atoms with van der Waals surface area (Å²) < 4.78 is 4.86. The van der Waals surface area contributed by atoms with Gasteiger partial charge in [-0.15, -0.1) is 0 Å². The van der Waals surface area contributed by atoms with Gasteiger partial charge in [0.2, 0.25) is 5.76 Å². The number of hydrogen-bond acceptors (Lipinski definition) is 4. The van der Waals surface area contributed by atoms with Gasteiger partial charge < -0.3 is 15.6 Å². The number of aryl methyl sites for hydroxylation is 1. The third kappa shape index (κ3) is 2.72. The van der Waals surface area contributed by atoms with Crippen LogP contribution in [0.15, 0.2) is 34.9 Å². The molecule has 92 valence electrons. The molecule has 3 N–H and O–H groups in total. The quantitative estimate of drug-likeness (QED) is 0.824. The monoisotopic (exact) mass is 261 g/mol. The molecule has 0 saturated heterocycles. The van der Waals surface area contributed by atoms with Crippen molar-refractivity contribution in [1.82, 2.24) is 5.16 Å². The molecule has 0 bridgehead atoms. The lowest BCUT2D eigenvalue weighted by Crippen LogP contribution is -2.13. The zero-order chi connectivity index (χ0) is 13.1. The number of carbonyl (C=O) groups is 1. The molecule has 0 aliphatic carbocycles. The van der Waals surface area contributed by atoms with Gasteiger partial charge in [-0.05, 0) is 19.1 Å². The van der Waals surface area contributed by atoms with Crippen molar-refractivity contribution >= 4 is 28.8 Å². The zero-order valence-electron chi connectivity index (χ0n) is 9.64. The smallest absolute Gasteiger partial charge is 0.294 e. The largest absolute Gasteiger partial charge is 0.389 e. The summed E-state index contributed by atoms with van der Waals surface area (Å²) in [4.78, 5) is 12.1. The molecule has 0 unspecified atom stereocenters. The Hall–Kier alpha value is -2.21. The van der Waals surface area contributed by atoms with Crippen molar-refractivity contribution in [2.75, 3.05) is 5.32 Å². The van der Waals surface area contributed by atoms with Gasteiger partial charge in [-0.3, -0.25) is 4.79 Å². The van der Waals surface area contributed by atoms with E-state index in [0.29, 0.717) is 16.9 Å². The fourth-order valence-electron chi connectivity index (χ4n) is 1.41. The van der Waals surface area contributed by atoms with Crippen molar-refractivity contribution in [3.8, 4) is 0 Å². The number of thiocarbonyl (C=S) groups is 1. The molecular formula is C12H11N3O2S. The maximum Gasteiger partial charge on any atom is 0.294 e. The SMILES string of the molecule is Cc1cc(C(=O)Nc2cccc(C(N)=S)c2)on1. The van der Waals surface area contributed by atoms with E-state index in [1.165, 1.54) is 0 Å². The lowest BCUT2D eigenvalue weighted by atomic mass is 10.2. The van der Waals surface area contributed by atoms with Crippen LogP contribution in [0.2, 0.25) is 0 Å². The van der Waals surface area contributed by atoms with Gasteiger partial charge >= 0.3 is 0 Å². The van der Waals surface area contributed by atoms with E-state index in [-0.39, 0.29) is 16.7 Å². The maximum atomic E-state index is 11.8. The number of aromatic nitrogens is 1. The number of amides is 1. The Bertz CT molecular complexity index is 607. The first kappa shape index (κ1) is 12.3. The van der Waals surface area contributed by atoms with Crippen LogP contribution in [0.25, 0.3) is 0 Å². The number of nitrogens with one attached hydrogen (secondary N) is 1. The minimum atomic E-state index is -0.365. The molecule has 0 radical (unpaired) electrons. The standard InChI is InChI=1S/C12H11N3O2S/c1-7-5-10(17-15-7)12(16)14-9-4-2-3-8(6-9)11(13)18/h2-6H,1H3,(H2,13,18)(H,14,16). The molecular weight excluding hydrogens is 250 g/mol. The van der Waals surface area contributed by atoms with Crippen LogP contribution < -0.4 is 11.1 Å². The molecule has 2 aromatic rings. The van der Waals surface area contributed by atoms with Gasteiger partial charge in [-0.2, -0.15) is 0 Å². The molecule has 5 nitrogen and oxygen atoms in total. The molecule has 1 aromatic carbocycles. The van der Waals surface area contributed by atoms with E-state index in [1.807, 2.05) is 0 Å². The molecule has 0 fully saturated rings. The van der Waals surface area contributed by atoms with Crippen LogP contribution >= 0.6 is 12.2 Å². The number of nitrogens with zero attached hydrogens (tertiary/aromatic N) is 1. The van der Waals surface area contributed by atoms with Crippen molar-refractivity contribution in [3.05, 3.63) is 47.3 Å². The maximum absolute atomic E-state index is 11.8. The first-order chi connectivity index (χ1) is 8.56. The predicted molar refractivity (Wildman–Crippen MR) is 71.5 cm³/mol. The summed E-state index contributed by atoms with van der Waals surface area (Å²) in [5.41, 5.74) is 7.46. The van der Waals surface area contributed by atoms with Crippen LogP contribution in [0.3, 0.4) is 0 Å². The van der Waals surface area contributed by atoms with Gasteiger partial charge in [-0.1, -0.05) is 29.5 Å². The van der Waals surface area contributed by atoms with Crippen molar-refractivity contribution in [2.24, 2.45) is 5.73 Å². The number of anilines is 1. The third-order valence-electron chi connectivity index (χ3n) is 2.26. The highest BCUT2D eigenvalue weighted by Crippen LogP contribution is 2.12. The number of rotatable bonds is 3. The third-order valence-corrected chi connectivity index (χ3v) is 2.49. The van der Waals surface area contributed by atoms with Crippen molar-refractivity contribution in [2.45, 2.75) is 6.92 Å². The highest BCUT2D eigenvalue weighted by atomic mass is 32.1. The molecule has 2 rings (SSSR count). The van der Waals surface area contributed by atoms with E-state index < -0.39 is 0 Å². The Labute approximate surface area is 109 Å². The molecule has 1 heterocycles. The Morgan fingerprint density at radius 3 is 2.83 bits per heavy atom. The summed E-state index contributed by atoms with van der Waals surface area (Å²) in [7, 11) is 0. The Morgan fingerprint density at radius 2 is 2.22 bits per heavy atom. The molecule has 1 aromatic heterocycles. The summed E-state index contributed by atoms with van der Waals surface area (Å²) in [6.45, 7) is 1.74. The van der Waals surface area contributed by atoms with E-state index in [1.54, 1.807) is 37.3 Å². The minimum absolute atomic E-state index is 0.160. The van der Waals surface area contributed by atoms with Crippen LogP contribution in [0.4, 0.5) is 5.69 Å². The molecule has 18 heavy (non-hydrogen) atoms. The van der Waals surface area contributed by atoms with Gasteiger partial charge in [0.1, 0.15) is 4.99 Å². The molecule has 0 aliphatic rings. The fourth-order valence-corrected chi connectivity index (χ4v) is 1.54. The highest BCUT2D eigenvalue weighted by molar-refractivity contribution is 7.80. The Balaban J connectivity index is 2.16. The van der Waals surface area contributed by atoms with E-state index >= 15 is 0 Å². The molecule has 0 spiro atoms. The van der Waals surface area contributed by atoms with Crippen molar-refractivity contribution in [3.63, 3.8) is 0 Å². The second-order valence-electron chi connectivity index (χ2n) is 3.73. The Morgan fingerprint density at radius 1 is 1.44 bits per heavy atom. The molecule has 0 aliphatic heterocycles. The summed E-state index contributed by atoms with van der Waals surface area (Å²) in [5.74, 6) is -0.205. The summed E-state index contributed by atoms with van der Waals surface area (Å²) in [6.07, 6.45) is 0.